The summed E-state index contributed by atoms with van der Waals surface area (Å²) in [5.41, 5.74) is -0.898. The molecule has 0 spiro atoms. The Kier molecular flexibility index (Phi) is 3.03. The van der Waals surface area contributed by atoms with Gasteiger partial charge in [-0.25, -0.2) is 0 Å². The van der Waals surface area contributed by atoms with Gasteiger partial charge >= 0.3 is 0 Å². The zero-order valence-electron chi connectivity index (χ0n) is 10.1. The van der Waals surface area contributed by atoms with Crippen molar-refractivity contribution in [2.24, 2.45) is 0 Å². The summed E-state index contributed by atoms with van der Waals surface area (Å²) in [6.45, 7) is 0.618. The topological polar surface area (TPSA) is 55.6 Å². The lowest BCUT2D eigenvalue weighted by atomic mass is 10.3. The quantitative estimate of drug-likeness (QED) is 0.690. The summed E-state index contributed by atoms with van der Waals surface area (Å²) < 4.78 is 54.5. The molecule has 0 radical (unpaired) electrons. The van der Waals surface area contributed by atoms with Crippen LogP contribution in [0.15, 0.2) is 0 Å². The minimum Gasteiger partial charge on any atom is -0.373 e. The van der Waals surface area contributed by atoms with Gasteiger partial charge in [-0.15, -0.1) is 10.2 Å². The standard InChI is InChI=1S/C11H9F4N5/c12-7-9(8(13)11(15)17-10(7)14)16-4-6-19-18-5-2-1-3-20(5)6/h1-4H2,(H,16,17). The highest BCUT2D eigenvalue weighted by Gasteiger charge is 2.22. The normalized spacial score (nSPS) is 13.6. The van der Waals surface area contributed by atoms with Gasteiger partial charge in [0, 0.05) is 13.0 Å². The van der Waals surface area contributed by atoms with E-state index in [9.17, 15) is 17.6 Å². The fraction of sp³-hybridized carbons (Fsp3) is 0.364. The Morgan fingerprint density at radius 1 is 1.05 bits per heavy atom. The molecule has 0 fully saturated rings. The first-order chi connectivity index (χ1) is 9.58. The Morgan fingerprint density at radius 2 is 1.75 bits per heavy atom. The summed E-state index contributed by atoms with van der Waals surface area (Å²) in [5, 5.41) is 10.1. The molecule has 1 N–H and O–H groups in total. The molecule has 0 atom stereocenters. The van der Waals surface area contributed by atoms with E-state index < -0.39 is 29.2 Å². The Hall–Kier alpha value is -2.19. The molecule has 0 saturated carbocycles. The highest BCUT2D eigenvalue weighted by atomic mass is 19.2. The first kappa shape index (κ1) is 12.8. The zero-order chi connectivity index (χ0) is 14.3. The minimum atomic E-state index is -1.70. The highest BCUT2D eigenvalue weighted by Crippen LogP contribution is 2.23. The fourth-order valence-corrected chi connectivity index (χ4v) is 2.15. The molecule has 5 nitrogen and oxygen atoms in total. The van der Waals surface area contributed by atoms with Crippen molar-refractivity contribution in [1.29, 1.82) is 0 Å². The number of hydrogen-bond acceptors (Lipinski definition) is 4. The molecule has 9 heteroatoms. The number of fused-ring (bicyclic) bond motifs is 1. The predicted molar refractivity (Wildman–Crippen MR) is 59.7 cm³/mol. The average molecular weight is 287 g/mol. The van der Waals surface area contributed by atoms with E-state index in [1.165, 1.54) is 0 Å². The van der Waals surface area contributed by atoms with E-state index in [1.54, 1.807) is 4.57 Å². The van der Waals surface area contributed by atoms with Crippen LogP contribution in [-0.4, -0.2) is 19.7 Å². The zero-order valence-corrected chi connectivity index (χ0v) is 10.1. The van der Waals surface area contributed by atoms with Gasteiger partial charge in [-0.2, -0.15) is 22.5 Å². The first-order valence-electron chi connectivity index (χ1n) is 5.92. The summed E-state index contributed by atoms with van der Waals surface area (Å²) in [6, 6.07) is 0. The molecule has 2 aromatic rings. The van der Waals surface area contributed by atoms with Crippen molar-refractivity contribution in [3.05, 3.63) is 35.2 Å². The van der Waals surface area contributed by atoms with Crippen LogP contribution in [0.3, 0.4) is 0 Å². The van der Waals surface area contributed by atoms with Crippen LogP contribution in [0.5, 0.6) is 0 Å². The van der Waals surface area contributed by atoms with Crippen molar-refractivity contribution in [2.45, 2.75) is 25.9 Å². The molecule has 1 aliphatic rings. The lowest BCUT2D eigenvalue weighted by Gasteiger charge is -2.09. The molecular formula is C11H9F4N5. The third kappa shape index (κ3) is 1.98. The van der Waals surface area contributed by atoms with Crippen LogP contribution in [0.4, 0.5) is 23.2 Å². The van der Waals surface area contributed by atoms with E-state index in [4.69, 9.17) is 0 Å². The van der Waals surface area contributed by atoms with E-state index in [-0.39, 0.29) is 6.54 Å². The van der Waals surface area contributed by atoms with Gasteiger partial charge in [0.2, 0.25) is 11.6 Å². The van der Waals surface area contributed by atoms with Crippen molar-refractivity contribution >= 4 is 5.69 Å². The number of pyridine rings is 1. The monoisotopic (exact) mass is 287 g/mol. The number of aromatic nitrogens is 4. The number of hydrogen-bond donors (Lipinski definition) is 1. The lowest BCUT2D eigenvalue weighted by Crippen LogP contribution is -2.12. The molecular weight excluding hydrogens is 278 g/mol. The number of aryl methyl sites for hydroxylation is 1. The van der Waals surface area contributed by atoms with Gasteiger partial charge in [-0.1, -0.05) is 0 Å². The van der Waals surface area contributed by atoms with Gasteiger partial charge in [-0.05, 0) is 6.42 Å². The summed E-state index contributed by atoms with van der Waals surface area (Å²) in [5.74, 6) is -5.28. The third-order valence-electron chi connectivity index (χ3n) is 3.11. The van der Waals surface area contributed by atoms with Gasteiger partial charge in [0.1, 0.15) is 11.5 Å². The molecule has 20 heavy (non-hydrogen) atoms. The molecule has 106 valence electrons. The smallest absolute Gasteiger partial charge is 0.253 e. The number of rotatable bonds is 3. The Morgan fingerprint density at radius 3 is 2.45 bits per heavy atom. The van der Waals surface area contributed by atoms with E-state index in [0.717, 1.165) is 18.7 Å². The highest BCUT2D eigenvalue weighted by molar-refractivity contribution is 5.45. The Labute approximate surface area is 110 Å². The largest absolute Gasteiger partial charge is 0.373 e. The first-order valence-corrected chi connectivity index (χ1v) is 5.92. The summed E-state index contributed by atoms with van der Waals surface area (Å²) in [7, 11) is 0. The van der Waals surface area contributed by atoms with E-state index in [1.807, 2.05) is 0 Å². The molecule has 0 aliphatic carbocycles. The minimum absolute atomic E-state index is 0.0935. The number of nitrogens with zero attached hydrogens (tertiary/aromatic N) is 4. The van der Waals surface area contributed by atoms with Gasteiger partial charge in [-0.3, -0.25) is 0 Å². The van der Waals surface area contributed by atoms with E-state index in [2.05, 4.69) is 20.5 Å². The summed E-state index contributed by atoms with van der Waals surface area (Å²) in [6.07, 6.45) is 1.70. The van der Waals surface area contributed by atoms with Crippen LogP contribution >= 0.6 is 0 Å². The lowest BCUT2D eigenvalue weighted by molar-refractivity contribution is 0.410. The maximum absolute atomic E-state index is 13.4. The Bertz CT molecular complexity index is 643. The van der Waals surface area contributed by atoms with Gasteiger partial charge < -0.3 is 9.88 Å². The maximum Gasteiger partial charge on any atom is 0.253 e. The summed E-state index contributed by atoms with van der Waals surface area (Å²) in [4.78, 5) is 2.48. The van der Waals surface area contributed by atoms with E-state index in [0.29, 0.717) is 12.4 Å². The van der Waals surface area contributed by atoms with Crippen molar-refractivity contribution in [3.63, 3.8) is 0 Å². The van der Waals surface area contributed by atoms with Crippen LogP contribution in [0.25, 0.3) is 0 Å². The fourth-order valence-electron chi connectivity index (χ4n) is 2.15. The number of nitrogens with one attached hydrogen (secondary N) is 1. The molecule has 0 saturated heterocycles. The SMILES string of the molecule is Fc1nc(F)c(F)c(NCc2nnc3n2CCC3)c1F. The number of halogens is 4. The molecule has 3 rings (SSSR count). The molecule has 0 amide bonds. The van der Waals surface area contributed by atoms with Crippen molar-refractivity contribution in [2.75, 3.05) is 5.32 Å². The van der Waals surface area contributed by atoms with Crippen molar-refractivity contribution in [1.82, 2.24) is 19.7 Å². The predicted octanol–water partition coefficient (Wildman–Crippen LogP) is 1.79. The van der Waals surface area contributed by atoms with Crippen LogP contribution in [0.2, 0.25) is 0 Å². The third-order valence-corrected chi connectivity index (χ3v) is 3.11. The molecule has 1 aliphatic heterocycles. The van der Waals surface area contributed by atoms with Crippen molar-refractivity contribution < 1.29 is 17.6 Å². The second-order valence-corrected chi connectivity index (χ2v) is 4.34. The summed E-state index contributed by atoms with van der Waals surface area (Å²) >= 11 is 0. The maximum atomic E-state index is 13.4. The molecule has 2 aromatic heterocycles. The van der Waals surface area contributed by atoms with Crippen LogP contribution in [0, 0.1) is 23.5 Å². The average Bonchev–Trinajstić information content (AvgIpc) is 3.00. The van der Waals surface area contributed by atoms with Gasteiger partial charge in [0.15, 0.2) is 5.82 Å². The molecule has 3 heterocycles. The van der Waals surface area contributed by atoms with E-state index >= 15 is 0 Å². The van der Waals surface area contributed by atoms with Gasteiger partial charge in [0.05, 0.1) is 6.54 Å². The molecule has 0 bridgehead atoms. The molecule has 0 unspecified atom stereocenters. The molecule has 0 aromatic carbocycles. The second-order valence-electron chi connectivity index (χ2n) is 4.34. The van der Waals surface area contributed by atoms with Gasteiger partial charge in [0.25, 0.3) is 11.9 Å². The Balaban J connectivity index is 1.85. The van der Waals surface area contributed by atoms with Crippen molar-refractivity contribution in [3.8, 4) is 0 Å². The second kappa shape index (κ2) is 4.73. The van der Waals surface area contributed by atoms with Crippen LogP contribution < -0.4 is 5.32 Å². The van der Waals surface area contributed by atoms with Crippen LogP contribution in [0.1, 0.15) is 18.1 Å². The number of anilines is 1. The van der Waals surface area contributed by atoms with Crippen LogP contribution in [-0.2, 0) is 19.5 Å².